The minimum atomic E-state index is -0.535. The van der Waals surface area contributed by atoms with Crippen LogP contribution in [-0.4, -0.2) is 37.1 Å². The summed E-state index contributed by atoms with van der Waals surface area (Å²) in [7, 11) is 0. The molecule has 0 radical (unpaired) electrons. The maximum Gasteiger partial charge on any atom is 0.147 e. The fourth-order valence-corrected chi connectivity index (χ4v) is 5.66. The van der Waals surface area contributed by atoms with E-state index in [0.29, 0.717) is 12.4 Å². The molecule has 0 bridgehead atoms. The van der Waals surface area contributed by atoms with Crippen molar-refractivity contribution in [2.24, 2.45) is 0 Å². The molecule has 2 unspecified atom stereocenters. The lowest BCUT2D eigenvalue weighted by molar-refractivity contribution is 0.122. The Hall–Kier alpha value is -0.120. The van der Waals surface area contributed by atoms with Crippen molar-refractivity contribution >= 4 is 63.7 Å². The topological polar surface area (TPSA) is 51.2 Å². The first-order valence-corrected chi connectivity index (χ1v) is 12.3. The van der Waals surface area contributed by atoms with Crippen molar-refractivity contribution in [2.45, 2.75) is 38.4 Å². The molecule has 3 rings (SSSR count). The fraction of sp³-hybridized carbons (Fsp3) is 0.429. The Labute approximate surface area is 204 Å². The first-order valence-electron chi connectivity index (χ1n) is 9.14. The summed E-state index contributed by atoms with van der Waals surface area (Å²) in [6, 6.07) is 8.29. The molecule has 0 saturated carbocycles. The second kappa shape index (κ2) is 9.57. The van der Waals surface area contributed by atoms with Crippen LogP contribution in [0.15, 0.2) is 42.2 Å². The van der Waals surface area contributed by atoms with Crippen molar-refractivity contribution in [3.8, 4) is 11.5 Å². The van der Waals surface area contributed by atoms with Gasteiger partial charge in [-0.2, -0.15) is 0 Å². The quantitative estimate of drug-likeness (QED) is 0.325. The molecule has 1 heterocycles. The van der Waals surface area contributed by atoms with Gasteiger partial charge in [-0.05, 0) is 106 Å². The summed E-state index contributed by atoms with van der Waals surface area (Å²) >= 11 is 14.5. The Kier molecular flexibility index (Phi) is 7.77. The third-order valence-electron chi connectivity index (χ3n) is 4.72. The number of aliphatic hydroxyl groups is 1. The molecule has 2 atom stereocenters. The van der Waals surface area contributed by atoms with Crippen LogP contribution in [-0.2, 0) is 10.2 Å². The summed E-state index contributed by atoms with van der Waals surface area (Å²) in [5.74, 6) is 1.46. The number of epoxide rings is 1. The Morgan fingerprint density at radius 2 is 1.38 bits per heavy atom. The summed E-state index contributed by atoms with van der Waals surface area (Å²) in [5.41, 5.74) is 1.96. The van der Waals surface area contributed by atoms with Gasteiger partial charge in [-0.25, -0.2) is 0 Å². The number of hydrogen-bond acceptors (Lipinski definition) is 4. The van der Waals surface area contributed by atoms with Crippen molar-refractivity contribution in [3.05, 3.63) is 53.3 Å². The smallest absolute Gasteiger partial charge is 0.147 e. The number of ether oxygens (including phenoxy) is 3. The van der Waals surface area contributed by atoms with Gasteiger partial charge in [0.25, 0.3) is 0 Å². The van der Waals surface area contributed by atoms with Gasteiger partial charge in [-0.1, -0.05) is 13.8 Å². The van der Waals surface area contributed by atoms with Gasteiger partial charge in [0.1, 0.15) is 30.8 Å². The van der Waals surface area contributed by atoms with E-state index >= 15 is 0 Å². The van der Waals surface area contributed by atoms with E-state index in [0.717, 1.165) is 41.4 Å². The molecule has 1 aliphatic heterocycles. The van der Waals surface area contributed by atoms with E-state index in [4.69, 9.17) is 14.2 Å². The molecule has 2 aromatic carbocycles. The highest BCUT2D eigenvalue weighted by atomic mass is 79.9. The van der Waals surface area contributed by atoms with E-state index in [1.165, 1.54) is 0 Å². The average molecular weight is 658 g/mol. The van der Waals surface area contributed by atoms with Gasteiger partial charge in [-0.15, -0.1) is 0 Å². The van der Waals surface area contributed by atoms with Crippen LogP contribution in [0.5, 0.6) is 11.5 Å². The lowest BCUT2D eigenvalue weighted by Gasteiger charge is -2.28. The second-order valence-electron chi connectivity index (χ2n) is 7.59. The largest absolute Gasteiger partial charge is 0.489 e. The Bertz CT molecular complexity index is 785. The predicted octanol–water partition coefficient (Wildman–Crippen LogP) is 6.60. The Balaban J connectivity index is 1.89. The lowest BCUT2D eigenvalue weighted by atomic mass is 9.78. The molecule has 2 aromatic rings. The van der Waals surface area contributed by atoms with Crippen molar-refractivity contribution in [3.63, 3.8) is 0 Å². The summed E-state index contributed by atoms with van der Waals surface area (Å²) < 4.78 is 20.3. The van der Waals surface area contributed by atoms with Gasteiger partial charge in [0.05, 0.1) is 30.6 Å². The van der Waals surface area contributed by atoms with Gasteiger partial charge >= 0.3 is 0 Å². The summed E-state index contributed by atoms with van der Waals surface area (Å²) in [6.07, 6.45) is -0.332. The van der Waals surface area contributed by atoms with Crippen molar-refractivity contribution in [2.75, 3.05) is 19.8 Å². The van der Waals surface area contributed by atoms with Crippen LogP contribution in [0.3, 0.4) is 0 Å². The first-order chi connectivity index (χ1) is 13.6. The molecule has 1 fully saturated rings. The number of hydrogen-bond donors (Lipinski definition) is 1. The van der Waals surface area contributed by atoms with Crippen LogP contribution < -0.4 is 9.47 Å². The van der Waals surface area contributed by atoms with Gasteiger partial charge in [0.2, 0.25) is 0 Å². The molecule has 8 heteroatoms. The normalized spacial score (nSPS) is 17.2. The van der Waals surface area contributed by atoms with Crippen molar-refractivity contribution in [1.29, 1.82) is 0 Å². The van der Waals surface area contributed by atoms with Crippen molar-refractivity contribution < 1.29 is 19.3 Å². The summed E-state index contributed by atoms with van der Waals surface area (Å²) in [5, 5.41) is 9.49. The third kappa shape index (κ3) is 5.77. The lowest BCUT2D eigenvalue weighted by Crippen LogP contribution is -2.20. The highest BCUT2D eigenvalue weighted by Crippen LogP contribution is 2.44. The number of rotatable bonds is 8. The van der Waals surface area contributed by atoms with E-state index in [2.05, 4.69) is 102 Å². The molecular formula is C21H22Br4O4. The zero-order valence-corrected chi connectivity index (χ0v) is 22.6. The number of halogens is 4. The third-order valence-corrected chi connectivity index (χ3v) is 7.08. The zero-order valence-electron chi connectivity index (χ0n) is 16.3. The standard InChI is InChI=1S/C21H22Br4O4/c1-11(26)8-28-19-15(22)4-12(5-16(19)23)21(2,3)13-6-17(24)20(18(25)7-13)29-10-14-9-27-14/h4-7,11,14,26H,8-10H2,1-3H3. The fourth-order valence-electron chi connectivity index (χ4n) is 2.83. The van der Waals surface area contributed by atoms with Crippen LogP contribution in [0.2, 0.25) is 0 Å². The molecule has 0 aromatic heterocycles. The predicted molar refractivity (Wildman–Crippen MR) is 128 cm³/mol. The highest BCUT2D eigenvalue weighted by molar-refractivity contribution is 9.11. The maximum absolute atomic E-state index is 9.49. The van der Waals surface area contributed by atoms with Crippen molar-refractivity contribution in [1.82, 2.24) is 0 Å². The molecule has 4 nitrogen and oxygen atoms in total. The molecule has 29 heavy (non-hydrogen) atoms. The Morgan fingerprint density at radius 3 is 1.76 bits per heavy atom. The maximum atomic E-state index is 9.49. The van der Waals surface area contributed by atoms with Gasteiger partial charge in [-0.3, -0.25) is 0 Å². The molecule has 0 spiro atoms. The van der Waals surface area contributed by atoms with Crippen LogP contribution >= 0.6 is 63.7 Å². The highest BCUT2D eigenvalue weighted by Gasteiger charge is 2.28. The van der Waals surface area contributed by atoms with Crippen LogP contribution in [0, 0.1) is 0 Å². The van der Waals surface area contributed by atoms with Crippen LogP contribution in [0.1, 0.15) is 31.9 Å². The molecule has 1 aliphatic rings. The monoisotopic (exact) mass is 654 g/mol. The molecule has 158 valence electrons. The van der Waals surface area contributed by atoms with Gasteiger partial charge < -0.3 is 19.3 Å². The summed E-state index contributed by atoms with van der Waals surface area (Å²) in [6.45, 7) is 7.58. The van der Waals surface area contributed by atoms with Crippen LogP contribution in [0.25, 0.3) is 0 Å². The number of benzene rings is 2. The molecule has 0 amide bonds. The van der Waals surface area contributed by atoms with Gasteiger partial charge in [0, 0.05) is 5.41 Å². The molecular weight excluding hydrogens is 636 g/mol. The Morgan fingerprint density at radius 1 is 0.966 bits per heavy atom. The second-order valence-corrected chi connectivity index (χ2v) is 11.0. The molecule has 1 saturated heterocycles. The molecule has 0 aliphatic carbocycles. The van der Waals surface area contributed by atoms with E-state index in [1.807, 2.05) is 0 Å². The first kappa shape index (κ1) is 23.5. The zero-order chi connectivity index (χ0) is 21.3. The number of aliphatic hydroxyl groups excluding tert-OH is 1. The SMILES string of the molecule is CC(O)COc1c(Br)cc(C(C)(C)c2cc(Br)c(OCC3CO3)c(Br)c2)cc1Br. The van der Waals surface area contributed by atoms with E-state index in [1.54, 1.807) is 6.92 Å². The average Bonchev–Trinajstić information content (AvgIpc) is 3.44. The summed E-state index contributed by atoms with van der Waals surface area (Å²) in [4.78, 5) is 0. The van der Waals surface area contributed by atoms with E-state index < -0.39 is 6.10 Å². The molecule has 1 N–H and O–H groups in total. The van der Waals surface area contributed by atoms with E-state index in [-0.39, 0.29) is 18.1 Å². The van der Waals surface area contributed by atoms with Gasteiger partial charge in [0.15, 0.2) is 0 Å². The van der Waals surface area contributed by atoms with E-state index in [9.17, 15) is 5.11 Å². The minimum Gasteiger partial charge on any atom is -0.489 e. The van der Waals surface area contributed by atoms with Crippen LogP contribution in [0.4, 0.5) is 0 Å². The minimum absolute atomic E-state index is 0.203.